The van der Waals surface area contributed by atoms with Gasteiger partial charge in [0.25, 0.3) is 0 Å². The van der Waals surface area contributed by atoms with Gasteiger partial charge in [-0.1, -0.05) is 41.5 Å². The van der Waals surface area contributed by atoms with E-state index in [1.807, 2.05) is 0 Å². The van der Waals surface area contributed by atoms with Gasteiger partial charge in [0.1, 0.15) is 0 Å². The lowest BCUT2D eigenvalue weighted by Crippen LogP contribution is -2.58. The van der Waals surface area contributed by atoms with Crippen LogP contribution in [0.15, 0.2) is 12.3 Å². The van der Waals surface area contributed by atoms with Crippen LogP contribution in [0.25, 0.3) is 0 Å². The minimum Gasteiger partial charge on any atom is -0.398 e. The van der Waals surface area contributed by atoms with E-state index in [1.54, 1.807) is 0 Å². The zero-order valence-electron chi connectivity index (χ0n) is 18.2. The maximum absolute atomic E-state index is 6.42. The molecule has 0 spiro atoms. The van der Waals surface area contributed by atoms with Crippen LogP contribution in [0.2, 0.25) is 16.6 Å². The van der Waals surface area contributed by atoms with E-state index in [2.05, 4.69) is 92.7 Å². The molecule has 5 heteroatoms. The lowest BCUT2D eigenvalue weighted by atomic mass is 9.85. The summed E-state index contributed by atoms with van der Waals surface area (Å²) < 4.78 is 15.5. The number of aromatic nitrogens is 1. The Kier molecular flexibility index (Phi) is 5.47. The van der Waals surface area contributed by atoms with E-state index in [9.17, 15) is 0 Å². The maximum Gasteiger partial charge on any atom is 0.511 e. The van der Waals surface area contributed by atoms with Crippen molar-refractivity contribution in [3.8, 4) is 0 Å². The number of hydrogen-bond acceptors (Lipinski definition) is 2. The summed E-state index contributed by atoms with van der Waals surface area (Å²) in [6.07, 6.45) is 2.35. The zero-order valence-corrected chi connectivity index (χ0v) is 19.2. The Morgan fingerprint density at radius 2 is 1.28 bits per heavy atom. The second-order valence-corrected chi connectivity index (χ2v) is 15.5. The van der Waals surface area contributed by atoms with Crippen molar-refractivity contribution >= 4 is 20.9 Å². The van der Waals surface area contributed by atoms with E-state index >= 15 is 0 Å². The van der Waals surface area contributed by atoms with E-state index in [0.717, 1.165) is 0 Å². The predicted octanol–water partition coefficient (Wildman–Crippen LogP) is 5.12. The second kappa shape index (κ2) is 6.58. The van der Waals surface area contributed by atoms with Crippen LogP contribution in [0.4, 0.5) is 0 Å². The molecule has 1 saturated heterocycles. The van der Waals surface area contributed by atoms with Crippen LogP contribution >= 0.6 is 0 Å². The molecule has 0 amide bonds. The summed E-state index contributed by atoms with van der Waals surface area (Å²) in [6.45, 7) is 25.1. The van der Waals surface area contributed by atoms with E-state index in [0.29, 0.717) is 16.6 Å². The summed E-state index contributed by atoms with van der Waals surface area (Å²) in [5, 5.41) is 0. The first-order valence-electron chi connectivity index (χ1n) is 9.82. The smallest absolute Gasteiger partial charge is 0.398 e. The standard InChI is InChI=1S/C20H38BNO2Si/c1-14(2)25(15(3)4,16(5)6)22-13-17(7)12-18(22)21-23-19(8,9)20(10,11)24-21/h12-16H,1-11H3. The minimum absolute atomic E-state index is 0.290. The van der Waals surface area contributed by atoms with Gasteiger partial charge in [0.05, 0.1) is 11.2 Å². The van der Waals surface area contributed by atoms with Gasteiger partial charge in [0.15, 0.2) is 8.24 Å². The maximum atomic E-state index is 6.42. The Morgan fingerprint density at radius 1 is 0.880 bits per heavy atom. The molecule has 0 unspecified atom stereocenters. The summed E-state index contributed by atoms with van der Waals surface area (Å²) in [5.74, 6) is 0. The summed E-state index contributed by atoms with van der Waals surface area (Å²) in [6, 6.07) is 2.27. The van der Waals surface area contributed by atoms with Crippen molar-refractivity contribution in [2.75, 3.05) is 0 Å². The number of nitrogens with zero attached hydrogens (tertiary/aromatic N) is 1. The first kappa shape index (κ1) is 20.8. The number of hydrogen-bond donors (Lipinski definition) is 0. The van der Waals surface area contributed by atoms with Crippen LogP contribution in [0.3, 0.4) is 0 Å². The molecule has 0 N–H and O–H groups in total. The largest absolute Gasteiger partial charge is 0.511 e. The van der Waals surface area contributed by atoms with Crippen LogP contribution in [-0.4, -0.2) is 30.8 Å². The lowest BCUT2D eigenvalue weighted by molar-refractivity contribution is 0.00578. The van der Waals surface area contributed by atoms with Crippen molar-refractivity contribution in [2.24, 2.45) is 0 Å². The Labute approximate surface area is 156 Å². The van der Waals surface area contributed by atoms with Gasteiger partial charge in [0, 0.05) is 5.59 Å². The molecular formula is C20H38BNO2Si. The van der Waals surface area contributed by atoms with Gasteiger partial charge in [-0.15, -0.1) is 0 Å². The molecule has 0 aliphatic carbocycles. The van der Waals surface area contributed by atoms with E-state index in [4.69, 9.17) is 9.31 Å². The third kappa shape index (κ3) is 3.17. The highest BCUT2D eigenvalue weighted by Crippen LogP contribution is 2.43. The van der Waals surface area contributed by atoms with Gasteiger partial charge in [-0.05, 0) is 69.1 Å². The van der Waals surface area contributed by atoms with Crippen molar-refractivity contribution in [2.45, 2.75) is 104 Å². The van der Waals surface area contributed by atoms with Crippen LogP contribution in [0.1, 0.15) is 74.8 Å². The highest BCUT2D eigenvalue weighted by atomic mass is 28.3. The Balaban J connectivity index is 2.62. The second-order valence-electron chi connectivity index (χ2n) is 9.75. The fraction of sp³-hybridized carbons (Fsp3) is 0.800. The molecule has 1 aliphatic heterocycles. The SMILES string of the molecule is Cc1cc(B2OC(C)(C)C(C)(C)O2)n([Si](C(C)C)(C(C)C)C(C)C)c1. The van der Waals surface area contributed by atoms with Gasteiger partial charge >= 0.3 is 7.12 Å². The van der Waals surface area contributed by atoms with Crippen molar-refractivity contribution in [1.29, 1.82) is 0 Å². The predicted molar refractivity (Wildman–Crippen MR) is 111 cm³/mol. The Bertz CT molecular complexity index is 581. The molecule has 3 nitrogen and oxygen atoms in total. The molecular weight excluding hydrogens is 325 g/mol. The first-order valence-corrected chi connectivity index (χ1v) is 12.0. The number of rotatable bonds is 5. The molecule has 2 rings (SSSR count). The summed E-state index contributed by atoms with van der Waals surface area (Å²) >= 11 is 0. The van der Waals surface area contributed by atoms with E-state index in [1.165, 1.54) is 11.2 Å². The molecule has 0 saturated carbocycles. The molecule has 0 radical (unpaired) electrons. The van der Waals surface area contributed by atoms with Crippen LogP contribution in [-0.2, 0) is 9.31 Å². The van der Waals surface area contributed by atoms with Gasteiger partial charge in [-0.25, -0.2) is 0 Å². The highest BCUT2D eigenvalue weighted by Gasteiger charge is 2.55. The molecule has 2 heterocycles. The van der Waals surface area contributed by atoms with Crippen LogP contribution < -0.4 is 5.59 Å². The zero-order chi connectivity index (χ0) is 19.4. The van der Waals surface area contributed by atoms with Crippen molar-refractivity contribution in [1.82, 2.24) is 4.23 Å². The molecule has 1 aromatic rings. The minimum atomic E-state index is -1.83. The average molecular weight is 363 g/mol. The van der Waals surface area contributed by atoms with Gasteiger partial charge in [-0.2, -0.15) is 0 Å². The third-order valence-electron chi connectivity index (χ3n) is 6.67. The Morgan fingerprint density at radius 3 is 1.64 bits per heavy atom. The van der Waals surface area contributed by atoms with Crippen molar-refractivity contribution < 1.29 is 9.31 Å². The first-order chi connectivity index (χ1) is 11.3. The summed E-state index contributed by atoms with van der Waals surface area (Å²) in [5.41, 5.74) is 3.81. The lowest BCUT2D eigenvalue weighted by Gasteiger charge is -2.45. The van der Waals surface area contributed by atoms with Gasteiger partial charge < -0.3 is 13.5 Å². The van der Waals surface area contributed by atoms with Gasteiger partial charge in [-0.3, -0.25) is 0 Å². The fourth-order valence-corrected chi connectivity index (χ4v) is 11.6. The Hall–Kier alpha value is -0.518. The molecule has 1 aromatic heterocycles. The van der Waals surface area contributed by atoms with Crippen molar-refractivity contribution in [3.63, 3.8) is 0 Å². The topological polar surface area (TPSA) is 23.4 Å². The molecule has 1 fully saturated rings. The van der Waals surface area contributed by atoms with E-state index in [-0.39, 0.29) is 18.3 Å². The molecule has 1 aliphatic rings. The fourth-order valence-electron chi connectivity index (χ4n) is 4.93. The third-order valence-corrected chi connectivity index (χ3v) is 13.4. The normalized spacial score (nSPS) is 20.3. The highest BCUT2D eigenvalue weighted by molar-refractivity contribution is 6.84. The molecule has 25 heavy (non-hydrogen) atoms. The average Bonchev–Trinajstić information content (AvgIpc) is 2.87. The summed E-state index contributed by atoms with van der Waals surface area (Å²) in [7, 11) is -2.12. The molecule has 0 bridgehead atoms. The quantitative estimate of drug-likeness (QED) is 0.678. The van der Waals surface area contributed by atoms with E-state index < -0.39 is 8.24 Å². The van der Waals surface area contributed by atoms with Crippen LogP contribution in [0, 0.1) is 6.92 Å². The molecule has 142 valence electrons. The molecule has 0 aromatic carbocycles. The van der Waals surface area contributed by atoms with Crippen LogP contribution in [0.5, 0.6) is 0 Å². The monoisotopic (exact) mass is 363 g/mol. The summed E-state index contributed by atoms with van der Waals surface area (Å²) in [4.78, 5) is 0. The van der Waals surface area contributed by atoms with Gasteiger partial charge in [0.2, 0.25) is 0 Å². The van der Waals surface area contributed by atoms with Crippen molar-refractivity contribution in [3.05, 3.63) is 17.8 Å². The number of aryl methyl sites for hydroxylation is 1. The molecule has 0 atom stereocenters.